The molecule has 0 saturated carbocycles. The van der Waals surface area contributed by atoms with Gasteiger partial charge in [0.05, 0.1) is 10.6 Å². The number of sulfonamides is 1. The fourth-order valence-corrected chi connectivity index (χ4v) is 4.82. The Morgan fingerprint density at radius 1 is 0.931 bits per heavy atom. The highest BCUT2D eigenvalue weighted by atomic mass is 32.2. The van der Waals surface area contributed by atoms with Gasteiger partial charge in [-0.2, -0.15) is 4.31 Å². The maximum absolute atomic E-state index is 13.1. The molecule has 0 spiro atoms. The number of hydrogen-bond donors (Lipinski definition) is 0. The van der Waals surface area contributed by atoms with E-state index in [1.54, 1.807) is 0 Å². The second-order valence-electron chi connectivity index (χ2n) is 6.98. The molecule has 0 bridgehead atoms. The zero-order chi connectivity index (χ0) is 20.4. The van der Waals surface area contributed by atoms with Gasteiger partial charge in [0.25, 0.3) is 0 Å². The summed E-state index contributed by atoms with van der Waals surface area (Å²) in [5, 5.41) is 0. The minimum absolute atomic E-state index is 0.108. The fourth-order valence-electron chi connectivity index (χ4n) is 3.40. The van der Waals surface area contributed by atoms with Crippen molar-refractivity contribution >= 4 is 15.8 Å². The van der Waals surface area contributed by atoms with Crippen molar-refractivity contribution in [3.63, 3.8) is 0 Å². The highest BCUT2D eigenvalue weighted by Gasteiger charge is 2.29. The van der Waals surface area contributed by atoms with E-state index in [0.717, 1.165) is 34.8 Å². The molecule has 0 aliphatic carbocycles. The number of benzene rings is 2. The normalized spacial score (nSPS) is 15.4. The van der Waals surface area contributed by atoms with Crippen molar-refractivity contribution in [2.75, 3.05) is 31.1 Å². The van der Waals surface area contributed by atoms with Gasteiger partial charge in [-0.3, -0.25) is 0 Å². The second-order valence-corrected chi connectivity index (χ2v) is 8.91. The summed E-state index contributed by atoms with van der Waals surface area (Å²) in [7, 11) is -3.63. The lowest BCUT2D eigenvalue weighted by Gasteiger charge is -2.34. The number of aromatic nitrogens is 2. The molecule has 2 aromatic carbocycles. The van der Waals surface area contributed by atoms with Crippen molar-refractivity contribution in [1.82, 2.24) is 14.3 Å². The Hall–Kier alpha value is -2.84. The third-order valence-corrected chi connectivity index (χ3v) is 6.89. The van der Waals surface area contributed by atoms with E-state index in [1.807, 2.05) is 31.2 Å². The van der Waals surface area contributed by atoms with Crippen LogP contribution in [0.5, 0.6) is 0 Å². The van der Waals surface area contributed by atoms with Gasteiger partial charge in [-0.15, -0.1) is 0 Å². The Balaban J connectivity index is 1.49. The molecule has 3 aromatic rings. The summed E-state index contributed by atoms with van der Waals surface area (Å²) >= 11 is 0. The summed E-state index contributed by atoms with van der Waals surface area (Å²) in [6.07, 6.45) is 1.54. The van der Waals surface area contributed by atoms with Crippen molar-refractivity contribution in [1.29, 1.82) is 0 Å². The van der Waals surface area contributed by atoms with Crippen molar-refractivity contribution in [2.24, 2.45) is 0 Å². The summed E-state index contributed by atoms with van der Waals surface area (Å²) in [6, 6.07) is 15.0. The van der Waals surface area contributed by atoms with Crippen LogP contribution in [-0.2, 0) is 10.0 Å². The van der Waals surface area contributed by atoms with Gasteiger partial charge < -0.3 is 4.90 Å². The molecular weight excluding hydrogens is 391 g/mol. The SMILES string of the molecule is Cc1cccc(-c2cc(N3CCN(S(=O)(=O)c4ccc(F)cc4)CC3)ncn2)c1. The third-order valence-electron chi connectivity index (χ3n) is 4.98. The quantitative estimate of drug-likeness (QED) is 0.659. The molecule has 0 atom stereocenters. The van der Waals surface area contributed by atoms with Crippen LogP contribution in [0.4, 0.5) is 10.2 Å². The summed E-state index contributed by atoms with van der Waals surface area (Å²) in [5.41, 5.74) is 3.01. The van der Waals surface area contributed by atoms with Gasteiger partial charge in [-0.1, -0.05) is 23.8 Å². The number of halogens is 1. The molecule has 1 aliphatic heterocycles. The third kappa shape index (κ3) is 4.13. The molecule has 29 heavy (non-hydrogen) atoms. The molecule has 8 heteroatoms. The van der Waals surface area contributed by atoms with Gasteiger partial charge in [-0.25, -0.2) is 22.8 Å². The highest BCUT2D eigenvalue weighted by Crippen LogP contribution is 2.24. The largest absolute Gasteiger partial charge is 0.354 e. The van der Waals surface area contributed by atoms with Gasteiger partial charge in [0.15, 0.2) is 0 Å². The van der Waals surface area contributed by atoms with Crippen LogP contribution in [0, 0.1) is 12.7 Å². The van der Waals surface area contributed by atoms with Crippen LogP contribution in [0.15, 0.2) is 65.8 Å². The van der Waals surface area contributed by atoms with E-state index in [1.165, 1.54) is 22.8 Å². The first kappa shape index (κ1) is 19.5. The molecule has 1 fully saturated rings. The minimum Gasteiger partial charge on any atom is -0.354 e. The molecule has 1 aromatic heterocycles. The van der Waals surface area contributed by atoms with Crippen LogP contribution in [-0.4, -0.2) is 48.9 Å². The molecule has 1 saturated heterocycles. The van der Waals surface area contributed by atoms with E-state index in [0.29, 0.717) is 26.2 Å². The number of hydrogen-bond acceptors (Lipinski definition) is 5. The van der Waals surface area contributed by atoms with Crippen LogP contribution in [0.1, 0.15) is 5.56 Å². The number of nitrogens with zero attached hydrogens (tertiary/aromatic N) is 4. The van der Waals surface area contributed by atoms with Crippen LogP contribution in [0.25, 0.3) is 11.3 Å². The van der Waals surface area contributed by atoms with E-state index < -0.39 is 15.8 Å². The van der Waals surface area contributed by atoms with Crippen molar-refractivity contribution < 1.29 is 12.8 Å². The Kier molecular flexibility index (Phi) is 5.29. The lowest BCUT2D eigenvalue weighted by Crippen LogP contribution is -2.48. The second kappa shape index (κ2) is 7.88. The molecule has 1 aliphatic rings. The minimum atomic E-state index is -3.63. The average molecular weight is 412 g/mol. The van der Waals surface area contributed by atoms with Gasteiger partial charge >= 0.3 is 0 Å². The van der Waals surface area contributed by atoms with Crippen LogP contribution in [0.2, 0.25) is 0 Å². The predicted molar refractivity (Wildman–Crippen MR) is 110 cm³/mol. The molecule has 2 heterocycles. The summed E-state index contributed by atoms with van der Waals surface area (Å²) in [5.74, 6) is 0.317. The highest BCUT2D eigenvalue weighted by molar-refractivity contribution is 7.89. The standard InChI is InChI=1S/C21H21FN4O2S/c1-16-3-2-4-17(13-16)20-14-21(24-15-23-20)25-9-11-26(12-10-25)29(27,28)19-7-5-18(22)6-8-19/h2-8,13-15H,9-12H2,1H3. The molecule has 0 amide bonds. The Bertz CT molecular complexity index is 1110. The van der Waals surface area contributed by atoms with E-state index >= 15 is 0 Å². The number of piperazine rings is 1. The first-order valence-corrected chi connectivity index (χ1v) is 10.8. The molecule has 0 N–H and O–H groups in total. The fraction of sp³-hybridized carbons (Fsp3) is 0.238. The van der Waals surface area contributed by atoms with Gasteiger partial charge in [0, 0.05) is 37.8 Å². The number of rotatable bonds is 4. The van der Waals surface area contributed by atoms with E-state index in [4.69, 9.17) is 0 Å². The van der Waals surface area contributed by atoms with Crippen molar-refractivity contribution in [3.8, 4) is 11.3 Å². The maximum Gasteiger partial charge on any atom is 0.243 e. The van der Waals surface area contributed by atoms with Gasteiger partial charge in [0.1, 0.15) is 18.0 Å². The zero-order valence-electron chi connectivity index (χ0n) is 16.0. The van der Waals surface area contributed by atoms with Crippen molar-refractivity contribution in [2.45, 2.75) is 11.8 Å². The number of aryl methyl sites for hydroxylation is 1. The summed E-state index contributed by atoms with van der Waals surface area (Å²) in [4.78, 5) is 10.9. The zero-order valence-corrected chi connectivity index (χ0v) is 16.8. The lowest BCUT2D eigenvalue weighted by molar-refractivity contribution is 0.383. The molecule has 6 nitrogen and oxygen atoms in total. The Labute approximate surface area is 169 Å². The topological polar surface area (TPSA) is 66.4 Å². The van der Waals surface area contributed by atoms with Gasteiger partial charge in [0.2, 0.25) is 10.0 Å². The Morgan fingerprint density at radius 3 is 2.34 bits per heavy atom. The monoisotopic (exact) mass is 412 g/mol. The first-order chi connectivity index (χ1) is 13.9. The summed E-state index contributed by atoms with van der Waals surface area (Å²) < 4.78 is 40.1. The Morgan fingerprint density at radius 2 is 1.66 bits per heavy atom. The molecular formula is C21H21FN4O2S. The number of anilines is 1. The van der Waals surface area contributed by atoms with Gasteiger partial charge in [-0.05, 0) is 37.3 Å². The molecule has 0 radical (unpaired) electrons. The lowest BCUT2D eigenvalue weighted by atomic mass is 10.1. The average Bonchev–Trinajstić information content (AvgIpc) is 2.74. The summed E-state index contributed by atoms with van der Waals surface area (Å²) in [6.45, 7) is 3.74. The molecule has 0 unspecified atom stereocenters. The van der Waals surface area contributed by atoms with Crippen LogP contribution < -0.4 is 4.90 Å². The maximum atomic E-state index is 13.1. The van der Waals surface area contributed by atoms with E-state index in [9.17, 15) is 12.8 Å². The van der Waals surface area contributed by atoms with Crippen LogP contribution in [0.3, 0.4) is 0 Å². The van der Waals surface area contributed by atoms with Crippen molar-refractivity contribution in [3.05, 3.63) is 72.3 Å². The predicted octanol–water partition coefficient (Wildman–Crippen LogP) is 3.10. The first-order valence-electron chi connectivity index (χ1n) is 9.33. The van der Waals surface area contributed by atoms with E-state index in [-0.39, 0.29) is 4.90 Å². The van der Waals surface area contributed by atoms with E-state index in [2.05, 4.69) is 20.9 Å². The molecule has 150 valence electrons. The van der Waals surface area contributed by atoms with Crippen LogP contribution >= 0.6 is 0 Å². The molecule has 4 rings (SSSR count). The smallest absolute Gasteiger partial charge is 0.243 e.